The van der Waals surface area contributed by atoms with Crippen LogP contribution in [-0.2, 0) is 14.3 Å². The Morgan fingerprint density at radius 3 is 2.05 bits per heavy atom. The lowest BCUT2D eigenvalue weighted by Crippen LogP contribution is -2.46. The third-order valence-electron chi connectivity index (χ3n) is 3.69. The van der Waals surface area contributed by atoms with Gasteiger partial charge in [-0.05, 0) is 32.9 Å². The monoisotopic (exact) mass is 303 g/mol. The first kappa shape index (κ1) is 15.9. The van der Waals surface area contributed by atoms with Crippen LogP contribution < -0.4 is 0 Å². The van der Waals surface area contributed by atoms with Crippen LogP contribution >= 0.6 is 0 Å². The number of carbonyl (C=O) groups is 4. The molecule has 0 saturated carbocycles. The van der Waals surface area contributed by atoms with Crippen molar-refractivity contribution in [3.05, 3.63) is 35.4 Å². The average Bonchev–Trinajstić information content (AvgIpc) is 2.77. The zero-order valence-electron chi connectivity index (χ0n) is 12.7. The summed E-state index contributed by atoms with van der Waals surface area (Å²) >= 11 is 0. The van der Waals surface area contributed by atoms with E-state index in [2.05, 4.69) is 0 Å². The van der Waals surface area contributed by atoms with Crippen LogP contribution in [-0.4, -0.2) is 41.1 Å². The van der Waals surface area contributed by atoms with Gasteiger partial charge in [-0.15, -0.1) is 0 Å². The van der Waals surface area contributed by atoms with Crippen LogP contribution in [0.15, 0.2) is 24.3 Å². The second-order valence-electron chi connectivity index (χ2n) is 5.08. The Bertz CT molecular complexity index is 617. The van der Waals surface area contributed by atoms with E-state index in [0.29, 0.717) is 0 Å². The largest absolute Gasteiger partial charge is 0.465 e. The summed E-state index contributed by atoms with van der Waals surface area (Å²) in [5.74, 6) is -3.24. The molecule has 6 heteroatoms. The molecule has 0 radical (unpaired) electrons. The summed E-state index contributed by atoms with van der Waals surface area (Å²) in [5, 5.41) is 0. The van der Waals surface area contributed by atoms with Crippen molar-refractivity contribution in [3.8, 4) is 0 Å². The first-order chi connectivity index (χ1) is 10.4. The van der Waals surface area contributed by atoms with E-state index in [0.717, 1.165) is 4.90 Å². The van der Waals surface area contributed by atoms with Crippen LogP contribution in [0.2, 0.25) is 0 Å². The number of benzene rings is 1. The maximum absolute atomic E-state index is 12.3. The number of imide groups is 1. The second kappa shape index (κ2) is 6.09. The van der Waals surface area contributed by atoms with Crippen molar-refractivity contribution in [2.45, 2.75) is 26.8 Å². The summed E-state index contributed by atoms with van der Waals surface area (Å²) < 4.78 is 4.80. The zero-order chi connectivity index (χ0) is 16.4. The summed E-state index contributed by atoms with van der Waals surface area (Å²) in [5.41, 5.74) is 0.548. The van der Waals surface area contributed by atoms with Gasteiger partial charge < -0.3 is 4.74 Å². The van der Waals surface area contributed by atoms with E-state index in [4.69, 9.17) is 4.74 Å². The minimum Gasteiger partial charge on any atom is -0.465 e. The summed E-state index contributed by atoms with van der Waals surface area (Å²) in [6.45, 7) is 4.66. The fourth-order valence-corrected chi connectivity index (χ4v) is 2.43. The molecule has 1 aromatic carbocycles. The molecule has 116 valence electrons. The number of rotatable bonds is 5. The molecule has 1 heterocycles. The van der Waals surface area contributed by atoms with Gasteiger partial charge in [0.05, 0.1) is 23.8 Å². The Labute approximate surface area is 128 Å². The van der Waals surface area contributed by atoms with E-state index in [9.17, 15) is 19.2 Å². The molecule has 2 amide bonds. The molecule has 0 saturated heterocycles. The van der Waals surface area contributed by atoms with Gasteiger partial charge in [-0.2, -0.15) is 0 Å². The molecular formula is C16H17NO5. The lowest BCUT2D eigenvalue weighted by Gasteiger charge is -2.23. The summed E-state index contributed by atoms with van der Waals surface area (Å²) in [7, 11) is 0. The maximum Gasteiger partial charge on any atom is 0.316 e. The van der Waals surface area contributed by atoms with Crippen molar-refractivity contribution in [1.82, 2.24) is 4.90 Å². The lowest BCUT2D eigenvalue weighted by molar-refractivity contribution is -0.151. The van der Waals surface area contributed by atoms with Gasteiger partial charge in [0.2, 0.25) is 0 Å². The van der Waals surface area contributed by atoms with Gasteiger partial charge in [0.15, 0.2) is 5.78 Å². The van der Waals surface area contributed by atoms with Gasteiger partial charge in [-0.1, -0.05) is 12.1 Å². The summed E-state index contributed by atoms with van der Waals surface area (Å²) in [4.78, 5) is 49.5. The van der Waals surface area contributed by atoms with Crippen LogP contribution in [0.4, 0.5) is 0 Å². The number of amides is 2. The van der Waals surface area contributed by atoms with Crippen LogP contribution in [0.5, 0.6) is 0 Å². The van der Waals surface area contributed by atoms with Crippen LogP contribution in [0.25, 0.3) is 0 Å². The van der Waals surface area contributed by atoms with Gasteiger partial charge in [0.25, 0.3) is 11.8 Å². The molecule has 0 aliphatic carbocycles. The molecule has 1 aromatic rings. The highest BCUT2D eigenvalue weighted by Gasteiger charge is 2.42. The smallest absolute Gasteiger partial charge is 0.316 e. The van der Waals surface area contributed by atoms with Crippen molar-refractivity contribution in [3.63, 3.8) is 0 Å². The molecule has 1 aliphatic rings. The lowest BCUT2D eigenvalue weighted by atomic mass is 10.00. The summed E-state index contributed by atoms with van der Waals surface area (Å²) in [6.07, 6.45) is 0. The number of ether oxygens (including phenoxy) is 1. The fraction of sp³-hybridized carbons (Fsp3) is 0.375. The average molecular weight is 303 g/mol. The Kier molecular flexibility index (Phi) is 4.40. The van der Waals surface area contributed by atoms with E-state index >= 15 is 0 Å². The molecular weight excluding hydrogens is 286 g/mol. The van der Waals surface area contributed by atoms with Crippen molar-refractivity contribution in [2.24, 2.45) is 5.92 Å². The van der Waals surface area contributed by atoms with Crippen LogP contribution in [0.1, 0.15) is 41.5 Å². The molecule has 22 heavy (non-hydrogen) atoms. The van der Waals surface area contributed by atoms with Crippen LogP contribution in [0, 0.1) is 5.92 Å². The molecule has 2 atom stereocenters. The number of carbonyl (C=O) groups excluding carboxylic acids is 4. The quantitative estimate of drug-likeness (QED) is 0.467. The topological polar surface area (TPSA) is 80.8 Å². The predicted molar refractivity (Wildman–Crippen MR) is 77.2 cm³/mol. The van der Waals surface area contributed by atoms with Crippen LogP contribution in [0.3, 0.4) is 0 Å². The molecule has 0 bridgehead atoms. The van der Waals surface area contributed by atoms with E-state index in [1.165, 1.54) is 13.8 Å². The zero-order valence-corrected chi connectivity index (χ0v) is 12.7. The van der Waals surface area contributed by atoms with E-state index in [1.807, 2.05) is 0 Å². The first-order valence-electron chi connectivity index (χ1n) is 7.07. The molecule has 2 unspecified atom stereocenters. The Hall–Kier alpha value is -2.50. The number of nitrogens with zero attached hydrogens (tertiary/aromatic N) is 1. The van der Waals surface area contributed by atoms with Crippen molar-refractivity contribution < 1.29 is 23.9 Å². The van der Waals surface area contributed by atoms with Crippen molar-refractivity contribution >= 4 is 23.6 Å². The van der Waals surface area contributed by atoms with E-state index < -0.39 is 35.5 Å². The molecule has 2 rings (SSSR count). The molecule has 0 spiro atoms. The SMILES string of the molecule is CCOC(=O)C(C)C(=O)C(C)N1C(=O)c2ccccc2C1=O. The molecule has 6 nitrogen and oxygen atoms in total. The number of ketones is 1. The number of esters is 1. The van der Waals surface area contributed by atoms with Gasteiger partial charge in [0, 0.05) is 0 Å². The number of hydrogen-bond donors (Lipinski definition) is 0. The Morgan fingerprint density at radius 1 is 1.09 bits per heavy atom. The van der Waals surface area contributed by atoms with Gasteiger partial charge in [-0.3, -0.25) is 24.1 Å². The Morgan fingerprint density at radius 2 is 1.59 bits per heavy atom. The third-order valence-corrected chi connectivity index (χ3v) is 3.69. The number of fused-ring (bicyclic) bond motifs is 1. The Balaban J connectivity index is 2.23. The highest BCUT2D eigenvalue weighted by atomic mass is 16.5. The molecule has 0 N–H and O–H groups in total. The summed E-state index contributed by atoms with van der Waals surface area (Å²) in [6, 6.07) is 5.37. The fourth-order valence-electron chi connectivity index (χ4n) is 2.43. The number of Topliss-reactive ketones (excluding diaryl/α,β-unsaturated/α-hetero) is 1. The maximum atomic E-state index is 12.3. The normalized spacial score (nSPS) is 16.2. The minimum atomic E-state index is -1.03. The van der Waals surface area contributed by atoms with Gasteiger partial charge in [-0.25, -0.2) is 0 Å². The third kappa shape index (κ3) is 2.52. The molecule has 0 fully saturated rings. The van der Waals surface area contributed by atoms with Gasteiger partial charge >= 0.3 is 5.97 Å². The molecule has 0 aromatic heterocycles. The molecule has 1 aliphatic heterocycles. The van der Waals surface area contributed by atoms with Gasteiger partial charge in [0.1, 0.15) is 5.92 Å². The first-order valence-corrected chi connectivity index (χ1v) is 7.07. The number of hydrogen-bond acceptors (Lipinski definition) is 5. The predicted octanol–water partition coefficient (Wildman–Crippen LogP) is 1.44. The second-order valence-corrected chi connectivity index (χ2v) is 5.08. The minimum absolute atomic E-state index is 0.165. The highest BCUT2D eigenvalue weighted by molar-refractivity contribution is 6.23. The standard InChI is InChI=1S/C16H17NO5/c1-4-22-16(21)9(2)13(18)10(3)17-14(19)11-7-5-6-8-12(11)15(17)20/h5-10H,4H2,1-3H3. The highest BCUT2D eigenvalue weighted by Crippen LogP contribution is 2.25. The van der Waals surface area contributed by atoms with Crippen molar-refractivity contribution in [2.75, 3.05) is 6.61 Å². The van der Waals surface area contributed by atoms with E-state index in [-0.39, 0.29) is 17.7 Å². The van der Waals surface area contributed by atoms with E-state index in [1.54, 1.807) is 31.2 Å². The van der Waals surface area contributed by atoms with Crippen molar-refractivity contribution in [1.29, 1.82) is 0 Å².